The number of Topliss-reactive ketones (excluding diaryl/α,β-unsaturated/α-hetero) is 1. The fourth-order valence-electron chi connectivity index (χ4n) is 3.37. The van der Waals surface area contributed by atoms with Crippen LogP contribution in [-0.4, -0.2) is 10.8 Å². The molecule has 0 bridgehead atoms. The molecule has 32 heavy (non-hydrogen) atoms. The number of alkyl halides is 3. The maximum absolute atomic E-state index is 12.8. The largest absolute Gasteiger partial charge is 0.487 e. The molecule has 0 N–H and O–H groups in total. The van der Waals surface area contributed by atoms with Crippen molar-refractivity contribution in [3.05, 3.63) is 76.3 Å². The topological polar surface area (TPSA) is 39.2 Å². The van der Waals surface area contributed by atoms with Crippen molar-refractivity contribution >= 4 is 17.1 Å². The number of hydrogen-bond acceptors (Lipinski definition) is 4. The minimum Gasteiger partial charge on any atom is -0.487 e. The number of aryl methyl sites for hydroxylation is 2. The molecular weight excluding hydrogens is 435 g/mol. The lowest BCUT2D eigenvalue weighted by atomic mass is 10.0. The Balaban J connectivity index is 1.77. The first-order valence-electron chi connectivity index (χ1n) is 10.4. The molecule has 0 unspecified atom stereocenters. The van der Waals surface area contributed by atoms with Gasteiger partial charge in [0.2, 0.25) is 0 Å². The monoisotopic (exact) mass is 460 g/mol. The zero-order chi connectivity index (χ0) is 23.5. The Bertz CT molecular complexity index is 1090. The fraction of sp³-hybridized carbons (Fsp3) is 0.320. The summed E-state index contributed by atoms with van der Waals surface area (Å²) in [6.45, 7) is 9.31. The molecule has 7 heteroatoms. The van der Waals surface area contributed by atoms with Crippen molar-refractivity contribution in [3.63, 3.8) is 0 Å². The van der Waals surface area contributed by atoms with Gasteiger partial charge in [-0.05, 0) is 62.1 Å². The number of aromatic nitrogens is 1. The molecule has 3 nitrogen and oxygen atoms in total. The highest BCUT2D eigenvalue weighted by atomic mass is 32.1. The molecule has 169 valence electrons. The number of hydrogen-bond donors (Lipinski definition) is 0. The number of carbonyl (C=O) groups excluding carboxylic acids is 1. The second kappa shape index (κ2) is 9.86. The third-order valence-corrected chi connectivity index (χ3v) is 6.23. The average Bonchev–Trinajstić information content (AvgIpc) is 3.18. The quantitative estimate of drug-likeness (QED) is 0.324. The lowest BCUT2D eigenvalue weighted by molar-refractivity contribution is -0.137. The van der Waals surface area contributed by atoms with Crippen LogP contribution in [0.1, 0.15) is 65.2 Å². The number of ketones is 1. The standard InChI is InChI=1S/C25H25F3NO2S/c1-5-31-21-12-8-18(14-16(21)4)20(30)11-13-22-23(15(2)3)29-24(32-22)17-6-9-19(10-7-17)25(26,27)28/h5-10,12,14-15H,11,13H2,1-4H3. The summed E-state index contributed by atoms with van der Waals surface area (Å²) < 4.78 is 43.9. The van der Waals surface area contributed by atoms with Crippen LogP contribution in [0.2, 0.25) is 0 Å². The smallest absolute Gasteiger partial charge is 0.416 e. The van der Waals surface area contributed by atoms with Crippen LogP contribution in [-0.2, 0) is 12.6 Å². The normalized spacial score (nSPS) is 11.8. The number of halogens is 3. The number of thiazole rings is 1. The Kier molecular flexibility index (Phi) is 7.39. The van der Waals surface area contributed by atoms with Crippen molar-refractivity contribution in [3.8, 4) is 16.3 Å². The predicted molar refractivity (Wildman–Crippen MR) is 121 cm³/mol. The van der Waals surface area contributed by atoms with Gasteiger partial charge in [-0.25, -0.2) is 4.98 Å². The van der Waals surface area contributed by atoms with Gasteiger partial charge in [0, 0.05) is 22.4 Å². The molecule has 3 aromatic rings. The fourth-order valence-corrected chi connectivity index (χ4v) is 4.59. The van der Waals surface area contributed by atoms with E-state index in [1.165, 1.54) is 23.5 Å². The van der Waals surface area contributed by atoms with Crippen molar-refractivity contribution in [2.75, 3.05) is 0 Å². The Morgan fingerprint density at radius 1 is 1.16 bits per heavy atom. The third-order valence-electron chi connectivity index (χ3n) is 5.05. The molecule has 0 saturated heterocycles. The van der Waals surface area contributed by atoms with Crippen LogP contribution in [0.3, 0.4) is 0 Å². The molecule has 3 rings (SSSR count). The van der Waals surface area contributed by atoms with E-state index >= 15 is 0 Å². The van der Waals surface area contributed by atoms with Crippen LogP contribution in [0.25, 0.3) is 10.6 Å². The number of benzene rings is 2. The number of ether oxygens (including phenoxy) is 1. The van der Waals surface area contributed by atoms with E-state index in [9.17, 15) is 18.0 Å². The van der Waals surface area contributed by atoms with Gasteiger partial charge in [-0.3, -0.25) is 4.79 Å². The summed E-state index contributed by atoms with van der Waals surface area (Å²) in [4.78, 5) is 18.4. The van der Waals surface area contributed by atoms with E-state index in [2.05, 4.69) is 4.98 Å². The van der Waals surface area contributed by atoms with Crippen LogP contribution in [0.4, 0.5) is 13.2 Å². The van der Waals surface area contributed by atoms with Gasteiger partial charge in [-0.2, -0.15) is 13.2 Å². The predicted octanol–water partition coefficient (Wildman–Crippen LogP) is 7.64. The van der Waals surface area contributed by atoms with Crippen LogP contribution >= 0.6 is 11.3 Å². The zero-order valence-electron chi connectivity index (χ0n) is 18.4. The number of nitrogens with zero attached hydrogens (tertiary/aromatic N) is 1. The lowest BCUT2D eigenvalue weighted by Crippen LogP contribution is -2.04. The summed E-state index contributed by atoms with van der Waals surface area (Å²) in [5, 5.41) is 0.665. The Hall–Kier alpha value is -2.67. The zero-order valence-corrected chi connectivity index (χ0v) is 19.2. The Morgan fingerprint density at radius 3 is 2.41 bits per heavy atom. The maximum Gasteiger partial charge on any atom is 0.416 e. The van der Waals surface area contributed by atoms with Crippen molar-refractivity contribution in [1.82, 2.24) is 4.98 Å². The van der Waals surface area contributed by atoms with Crippen molar-refractivity contribution < 1.29 is 22.7 Å². The van der Waals surface area contributed by atoms with Gasteiger partial charge in [0.05, 0.1) is 11.3 Å². The average molecular weight is 461 g/mol. The van der Waals surface area contributed by atoms with E-state index in [4.69, 9.17) is 4.74 Å². The summed E-state index contributed by atoms with van der Waals surface area (Å²) in [5.41, 5.74) is 2.36. The first kappa shape index (κ1) is 24.0. The number of rotatable bonds is 8. The minimum absolute atomic E-state index is 0.0271. The summed E-state index contributed by atoms with van der Waals surface area (Å²) in [5.74, 6) is 0.887. The molecule has 0 amide bonds. The Morgan fingerprint density at radius 2 is 1.84 bits per heavy atom. The van der Waals surface area contributed by atoms with Gasteiger partial charge in [0.25, 0.3) is 0 Å². The van der Waals surface area contributed by atoms with Gasteiger partial charge in [0.1, 0.15) is 17.4 Å². The maximum atomic E-state index is 12.8. The van der Waals surface area contributed by atoms with Gasteiger partial charge in [0.15, 0.2) is 5.78 Å². The summed E-state index contributed by atoms with van der Waals surface area (Å²) in [7, 11) is 0. The van der Waals surface area contributed by atoms with Crippen molar-refractivity contribution in [2.45, 2.75) is 52.6 Å². The molecule has 0 fully saturated rings. The second-order valence-electron chi connectivity index (χ2n) is 7.81. The van der Waals surface area contributed by atoms with E-state index in [0.29, 0.717) is 29.0 Å². The van der Waals surface area contributed by atoms with E-state index in [1.54, 1.807) is 25.7 Å². The van der Waals surface area contributed by atoms with E-state index in [-0.39, 0.29) is 11.7 Å². The summed E-state index contributed by atoms with van der Waals surface area (Å²) >= 11 is 1.43. The molecular formula is C25H25F3NO2S. The highest BCUT2D eigenvalue weighted by molar-refractivity contribution is 7.15. The molecule has 0 saturated carbocycles. The number of carbonyl (C=O) groups is 1. The minimum atomic E-state index is -4.37. The third kappa shape index (κ3) is 5.57. The van der Waals surface area contributed by atoms with Gasteiger partial charge in [-0.15, -0.1) is 11.3 Å². The summed E-state index contributed by atoms with van der Waals surface area (Å²) in [6, 6.07) is 10.4. The first-order valence-corrected chi connectivity index (χ1v) is 11.2. The second-order valence-corrected chi connectivity index (χ2v) is 8.90. The van der Waals surface area contributed by atoms with Crippen molar-refractivity contribution in [1.29, 1.82) is 0 Å². The summed E-state index contributed by atoms with van der Waals surface area (Å²) in [6.07, 6.45) is -3.51. The highest BCUT2D eigenvalue weighted by Crippen LogP contribution is 2.35. The van der Waals surface area contributed by atoms with Crippen LogP contribution in [0, 0.1) is 13.5 Å². The molecule has 0 aliphatic carbocycles. The highest BCUT2D eigenvalue weighted by Gasteiger charge is 2.30. The molecule has 0 aliphatic rings. The molecule has 1 aromatic heterocycles. The van der Waals surface area contributed by atoms with Crippen LogP contribution in [0.15, 0.2) is 42.5 Å². The van der Waals surface area contributed by atoms with Crippen LogP contribution < -0.4 is 4.74 Å². The van der Waals surface area contributed by atoms with Gasteiger partial charge in [-0.1, -0.05) is 26.0 Å². The molecule has 2 aromatic carbocycles. The van der Waals surface area contributed by atoms with Gasteiger partial charge >= 0.3 is 6.18 Å². The molecule has 1 heterocycles. The molecule has 1 radical (unpaired) electrons. The molecule has 0 atom stereocenters. The van der Waals surface area contributed by atoms with Crippen LogP contribution in [0.5, 0.6) is 5.75 Å². The van der Waals surface area contributed by atoms with Crippen molar-refractivity contribution in [2.24, 2.45) is 0 Å². The Labute approximate surface area is 190 Å². The van der Waals surface area contributed by atoms with E-state index in [0.717, 1.165) is 34.0 Å². The van der Waals surface area contributed by atoms with E-state index < -0.39 is 11.7 Å². The van der Waals surface area contributed by atoms with E-state index in [1.807, 2.05) is 26.8 Å². The SMILES string of the molecule is C[CH]Oc1ccc(C(=O)CCc2sc(-c3ccc(C(F)(F)F)cc3)nc2C(C)C)cc1C. The molecule has 0 spiro atoms. The van der Waals surface area contributed by atoms with Gasteiger partial charge < -0.3 is 4.74 Å². The molecule has 0 aliphatic heterocycles. The lowest BCUT2D eigenvalue weighted by Gasteiger charge is -2.08. The first-order chi connectivity index (χ1) is 15.1.